The zero-order valence-corrected chi connectivity index (χ0v) is 14.8. The molecule has 0 heterocycles. The smallest absolute Gasteiger partial charge is 0.271 e. The average molecular weight is 342 g/mol. The van der Waals surface area contributed by atoms with Crippen LogP contribution in [0.3, 0.4) is 0 Å². The number of nitrogens with one attached hydrogen (secondary N) is 1. The molecule has 0 aliphatic carbocycles. The van der Waals surface area contributed by atoms with Gasteiger partial charge in [0.1, 0.15) is 0 Å². The third-order valence-corrected chi connectivity index (χ3v) is 3.36. The lowest BCUT2D eigenvalue weighted by Crippen LogP contribution is -2.38. The summed E-state index contributed by atoms with van der Waals surface area (Å²) in [7, 11) is 0. The van der Waals surface area contributed by atoms with E-state index in [2.05, 4.69) is 37.9 Å². The van der Waals surface area contributed by atoms with Crippen molar-refractivity contribution in [2.24, 2.45) is 11.8 Å². The van der Waals surface area contributed by atoms with E-state index in [9.17, 15) is 14.9 Å². The molecule has 0 atom stereocenters. The lowest BCUT2D eigenvalue weighted by atomic mass is 10.1. The van der Waals surface area contributed by atoms with E-state index in [1.54, 1.807) is 0 Å². The summed E-state index contributed by atoms with van der Waals surface area (Å²) in [5.41, 5.74) is 0.283. The third kappa shape index (κ3) is 6.97. The normalized spacial score (nSPS) is 11.3. The highest BCUT2D eigenvalue weighted by Gasteiger charge is 2.16. The Hall–Kier alpha value is -1.66. The number of carbonyl (C=O) groups is 1. The molecule has 0 unspecified atom stereocenters. The number of non-ortho nitro benzene ring substituents is 1. The molecule has 0 aliphatic rings. The van der Waals surface area contributed by atoms with Crippen molar-refractivity contribution in [2.45, 2.75) is 27.7 Å². The molecule has 0 saturated carbocycles. The van der Waals surface area contributed by atoms with Gasteiger partial charge < -0.3 is 5.32 Å². The number of carbonyl (C=O) groups excluding carboxylic acids is 1. The molecule has 1 rings (SSSR count). The quantitative estimate of drug-likeness (QED) is 0.576. The van der Waals surface area contributed by atoms with Crippen LogP contribution < -0.4 is 5.32 Å². The Morgan fingerprint density at radius 3 is 2.26 bits per heavy atom. The Labute approximate surface area is 142 Å². The minimum absolute atomic E-state index is 0.103. The van der Waals surface area contributed by atoms with Gasteiger partial charge in [-0.3, -0.25) is 19.8 Å². The Kier molecular flexibility index (Phi) is 7.45. The lowest BCUT2D eigenvalue weighted by Gasteiger charge is -2.25. The number of hydrogen-bond donors (Lipinski definition) is 1. The van der Waals surface area contributed by atoms with Gasteiger partial charge in [-0.25, -0.2) is 0 Å². The van der Waals surface area contributed by atoms with E-state index >= 15 is 0 Å². The maximum atomic E-state index is 12.2. The van der Waals surface area contributed by atoms with Gasteiger partial charge >= 0.3 is 0 Å². The van der Waals surface area contributed by atoms with Gasteiger partial charge in [0.25, 0.3) is 5.69 Å². The van der Waals surface area contributed by atoms with Crippen molar-refractivity contribution >= 4 is 28.9 Å². The second-order valence-electron chi connectivity index (χ2n) is 6.45. The summed E-state index contributed by atoms with van der Waals surface area (Å²) in [6, 6.07) is 4.01. The minimum Gasteiger partial charge on any atom is -0.324 e. The molecule has 1 aromatic rings. The van der Waals surface area contributed by atoms with Gasteiger partial charge in [-0.15, -0.1) is 0 Å². The van der Waals surface area contributed by atoms with Crippen molar-refractivity contribution in [3.8, 4) is 0 Å². The molecule has 0 bridgehead atoms. The molecule has 23 heavy (non-hydrogen) atoms. The summed E-state index contributed by atoms with van der Waals surface area (Å²) in [5.74, 6) is 0.746. The minimum atomic E-state index is -0.523. The van der Waals surface area contributed by atoms with Crippen LogP contribution in [0.5, 0.6) is 0 Å². The van der Waals surface area contributed by atoms with Gasteiger partial charge in [0.15, 0.2) is 0 Å². The van der Waals surface area contributed by atoms with E-state index < -0.39 is 4.92 Å². The lowest BCUT2D eigenvalue weighted by molar-refractivity contribution is -0.384. The van der Waals surface area contributed by atoms with Crippen LogP contribution in [0.15, 0.2) is 18.2 Å². The van der Waals surface area contributed by atoms with E-state index in [0.29, 0.717) is 17.5 Å². The molecule has 6 nitrogen and oxygen atoms in total. The first kappa shape index (κ1) is 19.4. The van der Waals surface area contributed by atoms with Gasteiger partial charge in [-0.2, -0.15) is 0 Å². The van der Waals surface area contributed by atoms with Crippen LogP contribution in [0.25, 0.3) is 0 Å². The van der Waals surface area contributed by atoms with E-state index in [1.807, 2.05) is 0 Å². The average Bonchev–Trinajstić information content (AvgIpc) is 2.39. The summed E-state index contributed by atoms with van der Waals surface area (Å²) in [5, 5.41) is 13.6. The molecule has 0 spiro atoms. The maximum absolute atomic E-state index is 12.2. The first-order valence-corrected chi connectivity index (χ1v) is 8.03. The fourth-order valence-corrected chi connectivity index (χ4v) is 2.57. The van der Waals surface area contributed by atoms with Crippen molar-refractivity contribution in [1.29, 1.82) is 0 Å². The highest BCUT2D eigenvalue weighted by molar-refractivity contribution is 6.34. The number of anilines is 1. The zero-order chi connectivity index (χ0) is 17.6. The summed E-state index contributed by atoms with van der Waals surface area (Å²) in [4.78, 5) is 24.5. The molecule has 1 amide bonds. The Morgan fingerprint density at radius 1 is 1.26 bits per heavy atom. The second-order valence-corrected chi connectivity index (χ2v) is 6.86. The molecule has 1 N–H and O–H groups in total. The van der Waals surface area contributed by atoms with Crippen LogP contribution in [-0.2, 0) is 4.79 Å². The van der Waals surface area contributed by atoms with Crippen molar-refractivity contribution in [3.05, 3.63) is 33.3 Å². The standard InChI is InChI=1S/C16H24ClN3O3/c1-11(2)8-19(9-12(3)4)10-16(21)18-15-6-5-13(20(22)23)7-14(15)17/h5-7,11-12H,8-10H2,1-4H3,(H,18,21). The fourth-order valence-electron chi connectivity index (χ4n) is 2.35. The fraction of sp³-hybridized carbons (Fsp3) is 0.562. The monoisotopic (exact) mass is 341 g/mol. The Bertz CT molecular complexity index is 552. The third-order valence-electron chi connectivity index (χ3n) is 3.05. The number of amides is 1. The van der Waals surface area contributed by atoms with Crippen LogP contribution in [0.1, 0.15) is 27.7 Å². The Balaban J connectivity index is 2.72. The largest absolute Gasteiger partial charge is 0.324 e. The van der Waals surface area contributed by atoms with Crippen LogP contribution in [0, 0.1) is 22.0 Å². The molecule has 0 fully saturated rings. The molecule has 0 aromatic heterocycles. The van der Waals surface area contributed by atoms with Gasteiger partial charge in [0, 0.05) is 25.2 Å². The molecule has 0 saturated heterocycles. The predicted molar refractivity (Wildman–Crippen MR) is 92.9 cm³/mol. The van der Waals surface area contributed by atoms with Gasteiger partial charge in [-0.05, 0) is 17.9 Å². The van der Waals surface area contributed by atoms with Crippen LogP contribution >= 0.6 is 11.6 Å². The Morgan fingerprint density at radius 2 is 1.83 bits per heavy atom. The van der Waals surface area contributed by atoms with Crippen LogP contribution in [0.4, 0.5) is 11.4 Å². The molecule has 0 aliphatic heterocycles. The summed E-state index contributed by atoms with van der Waals surface area (Å²) >= 11 is 5.99. The molecule has 0 radical (unpaired) electrons. The van der Waals surface area contributed by atoms with Crippen molar-refractivity contribution in [3.63, 3.8) is 0 Å². The number of nitro groups is 1. The van der Waals surface area contributed by atoms with Gasteiger partial charge in [0.05, 0.1) is 22.2 Å². The number of nitro benzene ring substituents is 1. The highest BCUT2D eigenvalue weighted by Crippen LogP contribution is 2.26. The van der Waals surface area contributed by atoms with Gasteiger partial charge in [-0.1, -0.05) is 39.3 Å². The first-order chi connectivity index (χ1) is 10.7. The molecular weight excluding hydrogens is 318 g/mol. The predicted octanol–water partition coefficient (Wildman–Crippen LogP) is 3.80. The zero-order valence-electron chi connectivity index (χ0n) is 14.0. The number of benzene rings is 1. The van der Waals surface area contributed by atoms with Crippen molar-refractivity contribution in [2.75, 3.05) is 25.0 Å². The highest BCUT2D eigenvalue weighted by atomic mass is 35.5. The van der Waals surface area contributed by atoms with Crippen LogP contribution in [0.2, 0.25) is 5.02 Å². The summed E-state index contributed by atoms with van der Waals surface area (Å²) in [6.45, 7) is 10.4. The van der Waals surface area contributed by atoms with E-state index in [0.717, 1.165) is 13.1 Å². The molecular formula is C16H24ClN3O3. The van der Waals surface area contributed by atoms with E-state index in [-0.39, 0.29) is 23.2 Å². The number of rotatable bonds is 8. The maximum Gasteiger partial charge on any atom is 0.271 e. The molecule has 128 valence electrons. The summed E-state index contributed by atoms with van der Waals surface area (Å²) in [6.07, 6.45) is 0. The number of hydrogen-bond acceptors (Lipinski definition) is 4. The van der Waals surface area contributed by atoms with Crippen LogP contribution in [-0.4, -0.2) is 35.4 Å². The van der Waals surface area contributed by atoms with Crippen molar-refractivity contribution < 1.29 is 9.72 Å². The first-order valence-electron chi connectivity index (χ1n) is 7.65. The molecule has 1 aromatic carbocycles. The number of halogens is 1. The molecule has 7 heteroatoms. The topological polar surface area (TPSA) is 75.5 Å². The van der Waals surface area contributed by atoms with Crippen molar-refractivity contribution in [1.82, 2.24) is 4.90 Å². The second kappa shape index (κ2) is 8.84. The van der Waals surface area contributed by atoms with E-state index in [4.69, 9.17) is 11.6 Å². The number of nitrogens with zero attached hydrogens (tertiary/aromatic N) is 2. The van der Waals surface area contributed by atoms with E-state index in [1.165, 1.54) is 18.2 Å². The van der Waals surface area contributed by atoms with Gasteiger partial charge in [0.2, 0.25) is 5.91 Å². The summed E-state index contributed by atoms with van der Waals surface area (Å²) < 4.78 is 0. The SMILES string of the molecule is CC(C)CN(CC(=O)Nc1ccc([N+](=O)[O-])cc1Cl)CC(C)C.